The average molecular weight is 335 g/mol. The van der Waals surface area contributed by atoms with E-state index in [1.54, 1.807) is 6.92 Å². The number of sulfone groups is 1. The number of carboxylic acid groups (broad SMARTS) is 1. The maximum Gasteiger partial charge on any atom is 0.321 e. The van der Waals surface area contributed by atoms with E-state index in [1.807, 2.05) is 0 Å². The summed E-state index contributed by atoms with van der Waals surface area (Å²) in [5.74, 6) is -1.26. The summed E-state index contributed by atoms with van der Waals surface area (Å²) in [6.45, 7) is 1.74. The zero-order valence-electron chi connectivity index (χ0n) is 11.6. The van der Waals surface area contributed by atoms with Crippen LogP contribution in [0.25, 0.3) is 0 Å². The van der Waals surface area contributed by atoms with E-state index in [0.717, 1.165) is 18.4 Å². The molecule has 21 heavy (non-hydrogen) atoms. The van der Waals surface area contributed by atoms with Crippen molar-refractivity contribution in [2.75, 3.05) is 6.26 Å². The van der Waals surface area contributed by atoms with E-state index >= 15 is 0 Å². The van der Waals surface area contributed by atoms with Crippen LogP contribution in [0.4, 0.5) is 0 Å². The largest absolute Gasteiger partial charge is 0.480 e. The SMILES string of the molecule is CCC[C@@H](NS(=O)(=O)c1ccc(S(C)(=O)=O)cc1)C(=O)O. The number of hydrogen-bond acceptors (Lipinski definition) is 5. The molecule has 0 bridgehead atoms. The van der Waals surface area contributed by atoms with Crippen molar-refractivity contribution in [3.05, 3.63) is 24.3 Å². The van der Waals surface area contributed by atoms with Crippen molar-refractivity contribution in [3.63, 3.8) is 0 Å². The van der Waals surface area contributed by atoms with Gasteiger partial charge in [-0.05, 0) is 30.7 Å². The molecule has 0 unspecified atom stereocenters. The molecule has 2 N–H and O–H groups in total. The van der Waals surface area contributed by atoms with E-state index in [-0.39, 0.29) is 16.2 Å². The van der Waals surface area contributed by atoms with Crippen molar-refractivity contribution in [3.8, 4) is 0 Å². The van der Waals surface area contributed by atoms with Crippen LogP contribution in [-0.2, 0) is 24.7 Å². The Morgan fingerprint density at radius 2 is 1.62 bits per heavy atom. The smallest absolute Gasteiger partial charge is 0.321 e. The lowest BCUT2D eigenvalue weighted by atomic mass is 10.2. The van der Waals surface area contributed by atoms with E-state index in [1.165, 1.54) is 12.1 Å². The quantitative estimate of drug-likeness (QED) is 0.754. The van der Waals surface area contributed by atoms with Crippen LogP contribution in [0.3, 0.4) is 0 Å². The highest BCUT2D eigenvalue weighted by Gasteiger charge is 2.24. The fraction of sp³-hybridized carbons (Fsp3) is 0.417. The van der Waals surface area contributed by atoms with Crippen LogP contribution in [0.2, 0.25) is 0 Å². The van der Waals surface area contributed by atoms with Gasteiger partial charge in [0, 0.05) is 6.26 Å². The maximum atomic E-state index is 12.1. The molecule has 0 spiro atoms. The molecular weight excluding hydrogens is 318 g/mol. The minimum Gasteiger partial charge on any atom is -0.480 e. The Bertz CT molecular complexity index is 707. The molecule has 0 aliphatic heterocycles. The van der Waals surface area contributed by atoms with Gasteiger partial charge in [-0.15, -0.1) is 0 Å². The van der Waals surface area contributed by atoms with Crippen LogP contribution in [0.1, 0.15) is 19.8 Å². The minimum absolute atomic E-state index is 0.00945. The average Bonchev–Trinajstić information content (AvgIpc) is 2.37. The van der Waals surface area contributed by atoms with Gasteiger partial charge < -0.3 is 5.11 Å². The van der Waals surface area contributed by atoms with Gasteiger partial charge in [0.1, 0.15) is 6.04 Å². The summed E-state index contributed by atoms with van der Waals surface area (Å²) in [7, 11) is -7.43. The summed E-state index contributed by atoms with van der Waals surface area (Å²) in [4.78, 5) is 10.8. The summed E-state index contributed by atoms with van der Waals surface area (Å²) in [6.07, 6.45) is 1.68. The number of benzene rings is 1. The molecule has 0 aromatic heterocycles. The first kappa shape index (κ1) is 17.6. The molecule has 0 amide bonds. The predicted octanol–water partition coefficient (Wildman–Crippen LogP) is 0.622. The van der Waals surface area contributed by atoms with Crippen LogP contribution >= 0.6 is 0 Å². The molecule has 1 rings (SSSR count). The molecular formula is C12H17NO6S2. The van der Waals surface area contributed by atoms with E-state index < -0.39 is 31.9 Å². The van der Waals surface area contributed by atoms with E-state index in [4.69, 9.17) is 5.11 Å². The van der Waals surface area contributed by atoms with Crippen molar-refractivity contribution in [2.45, 2.75) is 35.6 Å². The third-order valence-electron chi connectivity index (χ3n) is 2.74. The third-order valence-corrected chi connectivity index (χ3v) is 5.35. The van der Waals surface area contributed by atoms with Crippen molar-refractivity contribution in [1.29, 1.82) is 0 Å². The van der Waals surface area contributed by atoms with Gasteiger partial charge in [0.15, 0.2) is 9.84 Å². The Kier molecular flexibility index (Phi) is 5.48. The lowest BCUT2D eigenvalue weighted by Gasteiger charge is -2.14. The number of sulfonamides is 1. The second-order valence-corrected chi connectivity index (χ2v) is 8.27. The van der Waals surface area contributed by atoms with Crippen LogP contribution in [0.15, 0.2) is 34.1 Å². The monoisotopic (exact) mass is 335 g/mol. The molecule has 0 saturated carbocycles. The van der Waals surface area contributed by atoms with Crippen molar-refractivity contribution in [2.24, 2.45) is 0 Å². The third kappa shape index (κ3) is 4.80. The summed E-state index contributed by atoms with van der Waals surface area (Å²) in [5, 5.41) is 8.96. The fourth-order valence-corrected chi connectivity index (χ4v) is 3.50. The highest BCUT2D eigenvalue weighted by molar-refractivity contribution is 7.90. The molecule has 9 heteroatoms. The topological polar surface area (TPSA) is 118 Å². The van der Waals surface area contributed by atoms with Gasteiger partial charge in [-0.3, -0.25) is 4.79 Å². The summed E-state index contributed by atoms with van der Waals surface area (Å²) >= 11 is 0. The Morgan fingerprint density at radius 1 is 1.14 bits per heavy atom. The molecule has 1 atom stereocenters. The molecule has 1 aromatic rings. The van der Waals surface area contributed by atoms with Gasteiger partial charge in [0.25, 0.3) is 0 Å². The number of nitrogens with one attached hydrogen (secondary N) is 1. The molecule has 0 aliphatic rings. The molecule has 0 radical (unpaired) electrons. The van der Waals surface area contributed by atoms with Gasteiger partial charge in [0.2, 0.25) is 10.0 Å². The first-order valence-electron chi connectivity index (χ1n) is 6.13. The Morgan fingerprint density at radius 3 is 2.00 bits per heavy atom. The number of aliphatic carboxylic acids is 1. The molecule has 0 aliphatic carbocycles. The summed E-state index contributed by atoms with van der Waals surface area (Å²) < 4.78 is 48.8. The number of hydrogen-bond donors (Lipinski definition) is 2. The van der Waals surface area contributed by atoms with E-state index in [0.29, 0.717) is 6.42 Å². The second-order valence-electron chi connectivity index (χ2n) is 4.54. The van der Waals surface area contributed by atoms with E-state index in [9.17, 15) is 21.6 Å². The molecule has 0 heterocycles. The van der Waals surface area contributed by atoms with Gasteiger partial charge in [-0.1, -0.05) is 13.3 Å². The van der Waals surface area contributed by atoms with Gasteiger partial charge in [-0.2, -0.15) is 4.72 Å². The maximum absolute atomic E-state index is 12.1. The Hall–Kier alpha value is -1.45. The first-order valence-corrected chi connectivity index (χ1v) is 9.50. The van der Waals surface area contributed by atoms with Crippen molar-refractivity contribution >= 4 is 25.8 Å². The van der Waals surface area contributed by atoms with Crippen molar-refractivity contribution < 1.29 is 26.7 Å². The highest BCUT2D eigenvalue weighted by Crippen LogP contribution is 2.15. The number of carbonyl (C=O) groups is 1. The fourth-order valence-electron chi connectivity index (χ4n) is 1.64. The molecule has 1 aromatic carbocycles. The lowest BCUT2D eigenvalue weighted by molar-refractivity contribution is -0.139. The number of carboxylic acids is 1. The molecule has 0 fully saturated rings. The lowest BCUT2D eigenvalue weighted by Crippen LogP contribution is -2.40. The summed E-state index contributed by atoms with van der Waals surface area (Å²) in [6, 6.07) is 3.38. The highest BCUT2D eigenvalue weighted by atomic mass is 32.2. The second kappa shape index (κ2) is 6.54. The normalized spacial score (nSPS) is 13.8. The number of rotatable bonds is 7. The van der Waals surface area contributed by atoms with Crippen molar-refractivity contribution in [1.82, 2.24) is 4.72 Å². The predicted molar refractivity (Wildman–Crippen MR) is 76.2 cm³/mol. The molecule has 0 saturated heterocycles. The minimum atomic E-state index is -4.01. The Balaban J connectivity index is 3.05. The Labute approximate surface area is 124 Å². The zero-order valence-corrected chi connectivity index (χ0v) is 13.2. The van der Waals surface area contributed by atoms with Crippen LogP contribution < -0.4 is 4.72 Å². The standard InChI is InChI=1S/C12H17NO6S2/c1-3-4-11(12(14)15)13-21(18,19)10-7-5-9(6-8-10)20(2,16)17/h5-8,11,13H,3-4H2,1-2H3,(H,14,15)/t11-/m1/s1. The summed E-state index contributed by atoms with van der Waals surface area (Å²) in [5.41, 5.74) is 0. The van der Waals surface area contributed by atoms with Gasteiger partial charge in [0.05, 0.1) is 9.79 Å². The zero-order chi connectivity index (χ0) is 16.3. The first-order chi connectivity index (χ1) is 9.58. The van der Waals surface area contributed by atoms with Crippen LogP contribution in [0.5, 0.6) is 0 Å². The van der Waals surface area contributed by atoms with Crippen LogP contribution in [-0.4, -0.2) is 40.2 Å². The van der Waals surface area contributed by atoms with Gasteiger partial charge >= 0.3 is 5.97 Å². The van der Waals surface area contributed by atoms with E-state index in [2.05, 4.69) is 4.72 Å². The van der Waals surface area contributed by atoms with Crippen LogP contribution in [0, 0.1) is 0 Å². The molecule has 7 nitrogen and oxygen atoms in total. The molecule has 118 valence electrons. The van der Waals surface area contributed by atoms with Gasteiger partial charge in [-0.25, -0.2) is 16.8 Å².